The standard InChI is InChI=1S/C19H21N11O2S/c1-4-13(12-7-5-11(2)6-8-12)22-24-18(31)15-14(9-33-19-25-21-10-29(19)3)30(28-23-15)17-16(20)26-32-27-17/h5-8,10H,4,9H2,1-3H3,(H2,20,26)(H,24,31)/b22-13-. The number of aryl methyl sites for hydroxylation is 2. The van der Waals surface area contributed by atoms with Crippen LogP contribution in [0.5, 0.6) is 0 Å². The summed E-state index contributed by atoms with van der Waals surface area (Å²) in [6, 6.07) is 7.91. The number of carbonyl (C=O) groups is 1. The first-order valence-corrected chi connectivity index (χ1v) is 10.9. The van der Waals surface area contributed by atoms with Crippen molar-refractivity contribution in [2.24, 2.45) is 12.1 Å². The number of nitrogens with two attached hydrogens (primary N) is 1. The molecule has 0 radical (unpaired) electrons. The van der Waals surface area contributed by atoms with Crippen LogP contribution >= 0.6 is 11.8 Å². The summed E-state index contributed by atoms with van der Waals surface area (Å²) in [6.07, 6.45) is 2.21. The first-order valence-electron chi connectivity index (χ1n) is 9.91. The molecule has 0 spiro atoms. The maximum absolute atomic E-state index is 13.0. The first-order chi connectivity index (χ1) is 16.0. The van der Waals surface area contributed by atoms with Crippen LogP contribution in [0.15, 0.2) is 45.5 Å². The van der Waals surface area contributed by atoms with E-state index in [0.717, 1.165) is 16.8 Å². The minimum Gasteiger partial charge on any atom is -0.378 e. The Hall–Kier alpha value is -4.07. The Labute approximate surface area is 192 Å². The number of hydrogen-bond donors (Lipinski definition) is 2. The molecule has 4 aromatic rings. The van der Waals surface area contributed by atoms with Gasteiger partial charge in [-0.15, -0.1) is 15.3 Å². The number of thioether (sulfide) groups is 1. The number of aromatic nitrogens is 8. The lowest BCUT2D eigenvalue weighted by Gasteiger charge is -2.07. The number of nitrogens with one attached hydrogen (secondary N) is 1. The molecular weight excluding hydrogens is 446 g/mol. The number of hydrazone groups is 1. The molecule has 0 bridgehead atoms. The molecule has 0 aliphatic carbocycles. The van der Waals surface area contributed by atoms with Gasteiger partial charge in [0.2, 0.25) is 11.6 Å². The minimum atomic E-state index is -0.525. The van der Waals surface area contributed by atoms with Crippen molar-refractivity contribution in [2.75, 3.05) is 5.73 Å². The van der Waals surface area contributed by atoms with Crippen molar-refractivity contribution in [3.05, 3.63) is 53.1 Å². The van der Waals surface area contributed by atoms with Gasteiger partial charge in [-0.25, -0.2) is 10.1 Å². The molecule has 0 fully saturated rings. The van der Waals surface area contributed by atoms with Crippen LogP contribution in [0.25, 0.3) is 5.82 Å². The topological polar surface area (TPSA) is 168 Å². The Balaban J connectivity index is 1.62. The molecule has 170 valence electrons. The highest BCUT2D eigenvalue weighted by Gasteiger charge is 2.24. The van der Waals surface area contributed by atoms with Gasteiger partial charge in [0, 0.05) is 12.8 Å². The normalized spacial score (nSPS) is 11.7. The van der Waals surface area contributed by atoms with Crippen LogP contribution in [-0.2, 0) is 12.8 Å². The van der Waals surface area contributed by atoms with Gasteiger partial charge in [0.25, 0.3) is 5.91 Å². The average Bonchev–Trinajstić information content (AvgIpc) is 3.53. The Morgan fingerprint density at radius 3 is 2.67 bits per heavy atom. The number of rotatable bonds is 8. The lowest BCUT2D eigenvalue weighted by Crippen LogP contribution is -2.22. The maximum Gasteiger partial charge on any atom is 0.293 e. The highest BCUT2D eigenvalue weighted by Crippen LogP contribution is 2.24. The van der Waals surface area contributed by atoms with E-state index in [2.05, 4.69) is 46.0 Å². The largest absolute Gasteiger partial charge is 0.378 e. The Morgan fingerprint density at radius 1 is 1.24 bits per heavy atom. The smallest absolute Gasteiger partial charge is 0.293 e. The van der Waals surface area contributed by atoms with Crippen molar-refractivity contribution >= 4 is 29.2 Å². The van der Waals surface area contributed by atoms with Gasteiger partial charge in [0.1, 0.15) is 6.33 Å². The zero-order chi connectivity index (χ0) is 23.4. The number of anilines is 1. The Bertz CT molecular complexity index is 1290. The van der Waals surface area contributed by atoms with Crippen molar-refractivity contribution in [3.8, 4) is 5.82 Å². The van der Waals surface area contributed by atoms with E-state index < -0.39 is 5.91 Å². The summed E-state index contributed by atoms with van der Waals surface area (Å²) in [5.74, 6) is -0.102. The Morgan fingerprint density at radius 2 is 2.03 bits per heavy atom. The van der Waals surface area contributed by atoms with Gasteiger partial charge in [-0.05, 0) is 29.2 Å². The van der Waals surface area contributed by atoms with Crippen LogP contribution in [0.3, 0.4) is 0 Å². The van der Waals surface area contributed by atoms with Crippen LogP contribution in [0.2, 0.25) is 0 Å². The molecule has 4 rings (SSSR count). The molecule has 1 amide bonds. The summed E-state index contributed by atoms with van der Waals surface area (Å²) in [7, 11) is 1.82. The van der Waals surface area contributed by atoms with Crippen LogP contribution in [-0.4, -0.2) is 51.7 Å². The van der Waals surface area contributed by atoms with Crippen LogP contribution in [0.1, 0.15) is 40.7 Å². The van der Waals surface area contributed by atoms with Crippen LogP contribution < -0.4 is 11.2 Å². The number of nitrogen functional groups attached to an aromatic ring is 1. The van der Waals surface area contributed by atoms with Crippen LogP contribution in [0, 0.1) is 6.92 Å². The second-order valence-corrected chi connectivity index (χ2v) is 7.94. The molecule has 0 saturated carbocycles. The lowest BCUT2D eigenvalue weighted by atomic mass is 10.1. The average molecular weight is 468 g/mol. The molecule has 0 atom stereocenters. The molecule has 33 heavy (non-hydrogen) atoms. The summed E-state index contributed by atoms with van der Waals surface area (Å²) in [5, 5.41) is 28.3. The third-order valence-electron chi connectivity index (χ3n) is 4.69. The highest BCUT2D eigenvalue weighted by atomic mass is 32.2. The van der Waals surface area contributed by atoms with E-state index in [9.17, 15) is 4.79 Å². The van der Waals surface area contributed by atoms with E-state index in [1.807, 2.05) is 45.2 Å². The third kappa shape index (κ3) is 4.74. The van der Waals surface area contributed by atoms with Gasteiger partial charge >= 0.3 is 0 Å². The summed E-state index contributed by atoms with van der Waals surface area (Å²) in [4.78, 5) is 13.0. The Kier molecular flexibility index (Phi) is 6.44. The van der Waals surface area contributed by atoms with Crippen molar-refractivity contribution in [1.29, 1.82) is 0 Å². The SMILES string of the molecule is CC/C(=N/NC(=O)c1nnn(-c2nonc2N)c1CSc1nncn1C)c1ccc(C)cc1. The fourth-order valence-corrected chi connectivity index (χ4v) is 3.80. The molecular formula is C19H21N11O2S. The molecule has 0 aliphatic rings. The second-order valence-electron chi connectivity index (χ2n) is 7.00. The van der Waals surface area contributed by atoms with Gasteiger partial charge < -0.3 is 10.3 Å². The first kappa shape index (κ1) is 22.1. The molecule has 14 heteroatoms. The number of nitrogens with zero attached hydrogens (tertiary/aromatic N) is 9. The lowest BCUT2D eigenvalue weighted by molar-refractivity contribution is 0.0949. The van der Waals surface area contributed by atoms with Crippen molar-refractivity contribution in [3.63, 3.8) is 0 Å². The van der Waals surface area contributed by atoms with Crippen molar-refractivity contribution < 1.29 is 9.42 Å². The van der Waals surface area contributed by atoms with Gasteiger partial charge in [0.05, 0.1) is 11.4 Å². The number of benzene rings is 1. The zero-order valence-corrected chi connectivity index (χ0v) is 18.9. The maximum atomic E-state index is 13.0. The molecule has 0 unspecified atom stereocenters. The zero-order valence-electron chi connectivity index (χ0n) is 18.1. The van der Waals surface area contributed by atoms with E-state index in [0.29, 0.717) is 17.3 Å². The summed E-state index contributed by atoms with van der Waals surface area (Å²) in [5.41, 5.74) is 11.7. The summed E-state index contributed by atoms with van der Waals surface area (Å²) >= 11 is 1.34. The van der Waals surface area contributed by atoms with Gasteiger partial charge in [-0.1, -0.05) is 53.7 Å². The van der Waals surface area contributed by atoms with E-state index in [-0.39, 0.29) is 23.1 Å². The van der Waals surface area contributed by atoms with Gasteiger partial charge in [0.15, 0.2) is 10.9 Å². The summed E-state index contributed by atoms with van der Waals surface area (Å²) < 4.78 is 7.74. The fraction of sp³-hybridized carbons (Fsp3) is 0.263. The molecule has 3 aromatic heterocycles. The highest BCUT2D eigenvalue weighted by molar-refractivity contribution is 7.98. The van der Waals surface area contributed by atoms with Gasteiger partial charge in [-0.3, -0.25) is 4.79 Å². The minimum absolute atomic E-state index is 0.0161. The van der Waals surface area contributed by atoms with Crippen molar-refractivity contribution in [1.82, 2.24) is 45.5 Å². The molecule has 0 saturated heterocycles. The third-order valence-corrected chi connectivity index (χ3v) is 5.74. The van der Waals surface area contributed by atoms with Gasteiger partial charge in [-0.2, -0.15) is 9.78 Å². The molecule has 3 N–H and O–H groups in total. The second kappa shape index (κ2) is 9.60. The molecule has 3 heterocycles. The summed E-state index contributed by atoms with van der Waals surface area (Å²) in [6.45, 7) is 3.97. The predicted molar refractivity (Wildman–Crippen MR) is 120 cm³/mol. The predicted octanol–water partition coefficient (Wildman–Crippen LogP) is 1.51. The van der Waals surface area contributed by atoms with E-state index in [1.165, 1.54) is 16.4 Å². The number of hydrogen-bond acceptors (Lipinski definition) is 11. The molecule has 0 aliphatic heterocycles. The van der Waals surface area contributed by atoms with Crippen molar-refractivity contribution in [2.45, 2.75) is 31.2 Å². The fourth-order valence-electron chi connectivity index (χ4n) is 2.92. The van der Waals surface area contributed by atoms with Crippen LogP contribution in [0.4, 0.5) is 5.82 Å². The van der Waals surface area contributed by atoms with E-state index in [4.69, 9.17) is 5.73 Å². The monoisotopic (exact) mass is 467 g/mol. The molecule has 13 nitrogen and oxygen atoms in total. The van der Waals surface area contributed by atoms with E-state index >= 15 is 0 Å². The quantitative estimate of drug-likeness (QED) is 0.220. The molecule has 1 aromatic carbocycles. The number of amides is 1. The van der Waals surface area contributed by atoms with E-state index in [1.54, 1.807) is 10.9 Å². The number of carbonyl (C=O) groups excluding carboxylic acids is 1.